The predicted octanol–water partition coefficient (Wildman–Crippen LogP) is 6.59. The summed E-state index contributed by atoms with van der Waals surface area (Å²) in [5.74, 6) is -0.267. The van der Waals surface area contributed by atoms with Gasteiger partial charge in [0.25, 0.3) is 0 Å². The Morgan fingerprint density at radius 1 is 0.941 bits per heavy atom. The number of carbonyl (C=O) groups is 1. The highest BCUT2D eigenvalue weighted by molar-refractivity contribution is 5.99. The zero-order valence-electron chi connectivity index (χ0n) is 20.7. The maximum Gasteiger partial charge on any atom is 0.340 e. The number of hydrogen-bond acceptors (Lipinski definition) is 3. The van der Waals surface area contributed by atoms with Crippen LogP contribution in [0.15, 0.2) is 66.7 Å². The molecule has 0 amide bonds. The molecular formula is C30H32N2O2. The number of aryl methyl sites for hydroxylation is 2. The Balaban J connectivity index is 1.89. The van der Waals surface area contributed by atoms with Crippen molar-refractivity contribution in [2.75, 3.05) is 19.0 Å². The predicted molar refractivity (Wildman–Crippen MR) is 139 cm³/mol. The Bertz CT molecular complexity index is 1400. The van der Waals surface area contributed by atoms with E-state index in [0.717, 1.165) is 58.4 Å². The van der Waals surface area contributed by atoms with Gasteiger partial charge in [-0.3, -0.25) is 0 Å². The molecule has 5 rings (SSSR count). The summed E-state index contributed by atoms with van der Waals surface area (Å²) in [7, 11) is 4.08. The molecule has 1 atom stereocenters. The van der Waals surface area contributed by atoms with E-state index in [1.807, 2.05) is 32.3 Å². The van der Waals surface area contributed by atoms with Crippen molar-refractivity contribution in [3.63, 3.8) is 0 Å². The zero-order valence-corrected chi connectivity index (χ0v) is 20.7. The largest absolute Gasteiger partial charge is 0.440 e. The SMILES string of the molecule is CCCCn1c(C)c(C2(c3ccc(N(C)C)cc3C)OC(=O)c3ccccc32)c2ccccc21. The van der Waals surface area contributed by atoms with Crippen LogP contribution in [0.1, 0.15) is 58.1 Å². The summed E-state index contributed by atoms with van der Waals surface area (Å²) in [6.45, 7) is 7.44. The molecule has 0 spiro atoms. The molecule has 34 heavy (non-hydrogen) atoms. The number of benzene rings is 3. The third kappa shape index (κ3) is 3.16. The van der Waals surface area contributed by atoms with E-state index in [1.54, 1.807) is 0 Å². The van der Waals surface area contributed by atoms with E-state index in [9.17, 15) is 4.79 Å². The highest BCUT2D eigenvalue weighted by Gasteiger charge is 2.51. The number of fused-ring (bicyclic) bond motifs is 2. The number of ether oxygens (including phenoxy) is 1. The van der Waals surface area contributed by atoms with Gasteiger partial charge in [0.05, 0.1) is 5.56 Å². The van der Waals surface area contributed by atoms with Gasteiger partial charge in [0.1, 0.15) is 0 Å². The van der Waals surface area contributed by atoms with E-state index in [-0.39, 0.29) is 5.97 Å². The van der Waals surface area contributed by atoms with Crippen LogP contribution in [0, 0.1) is 13.8 Å². The molecule has 0 aliphatic carbocycles. The quantitative estimate of drug-likeness (QED) is 0.310. The molecule has 3 aromatic carbocycles. The highest BCUT2D eigenvalue weighted by Crippen LogP contribution is 2.51. The number of cyclic esters (lactones) is 1. The van der Waals surface area contributed by atoms with Crippen LogP contribution in [0.5, 0.6) is 0 Å². The zero-order chi connectivity index (χ0) is 24.0. The highest BCUT2D eigenvalue weighted by atomic mass is 16.6. The molecule has 0 fully saturated rings. The van der Waals surface area contributed by atoms with Crippen molar-refractivity contribution in [3.05, 3.63) is 100 Å². The van der Waals surface area contributed by atoms with Crippen molar-refractivity contribution >= 4 is 22.6 Å². The number of anilines is 1. The van der Waals surface area contributed by atoms with Gasteiger partial charge in [-0.1, -0.05) is 55.8 Å². The number of carbonyl (C=O) groups excluding carboxylic acids is 1. The average molecular weight is 453 g/mol. The average Bonchev–Trinajstić information content (AvgIpc) is 3.29. The first-order chi connectivity index (χ1) is 16.4. The van der Waals surface area contributed by atoms with Gasteiger partial charge in [0, 0.05) is 59.6 Å². The monoisotopic (exact) mass is 452 g/mol. The van der Waals surface area contributed by atoms with Crippen LogP contribution in [-0.4, -0.2) is 24.6 Å². The van der Waals surface area contributed by atoms with Crippen LogP contribution in [0.3, 0.4) is 0 Å². The molecule has 1 aliphatic heterocycles. The molecule has 4 nitrogen and oxygen atoms in total. The fourth-order valence-corrected chi connectivity index (χ4v) is 5.54. The van der Waals surface area contributed by atoms with Crippen LogP contribution < -0.4 is 4.90 Å². The molecular weight excluding hydrogens is 420 g/mol. The summed E-state index contributed by atoms with van der Waals surface area (Å²) in [6, 6.07) is 22.8. The topological polar surface area (TPSA) is 34.5 Å². The normalized spacial score (nSPS) is 17.1. The van der Waals surface area contributed by atoms with E-state index in [4.69, 9.17) is 4.74 Å². The standard InChI is InChI=1S/C30H32N2O2/c1-6-7-18-32-21(3)28(24-13-9-11-15-27(24)32)30(25-17-16-22(31(4)5)19-20(25)2)26-14-10-8-12-23(26)29(33)34-30/h8-17,19H,6-7,18H2,1-5H3. The summed E-state index contributed by atoms with van der Waals surface area (Å²) < 4.78 is 8.91. The third-order valence-electron chi connectivity index (χ3n) is 7.20. The van der Waals surface area contributed by atoms with Crippen LogP contribution in [0.4, 0.5) is 5.69 Å². The number of aromatic nitrogens is 1. The van der Waals surface area contributed by atoms with Crippen LogP contribution in [0.25, 0.3) is 10.9 Å². The number of hydrogen-bond donors (Lipinski definition) is 0. The molecule has 0 N–H and O–H groups in total. The molecule has 4 aromatic rings. The number of para-hydroxylation sites is 1. The summed E-state index contributed by atoms with van der Waals surface area (Å²) in [4.78, 5) is 15.4. The molecule has 1 unspecified atom stereocenters. The first kappa shape index (κ1) is 22.3. The van der Waals surface area contributed by atoms with Gasteiger partial charge in [0.15, 0.2) is 5.60 Å². The number of unbranched alkanes of at least 4 members (excludes halogenated alkanes) is 1. The molecule has 4 heteroatoms. The molecule has 0 radical (unpaired) electrons. The third-order valence-corrected chi connectivity index (χ3v) is 7.20. The van der Waals surface area contributed by atoms with Crippen molar-refractivity contribution in [1.82, 2.24) is 4.57 Å². The summed E-state index contributed by atoms with van der Waals surface area (Å²) >= 11 is 0. The Morgan fingerprint density at radius 2 is 1.68 bits per heavy atom. The van der Waals surface area contributed by atoms with Crippen LogP contribution in [0.2, 0.25) is 0 Å². The first-order valence-electron chi connectivity index (χ1n) is 12.1. The second kappa shape index (κ2) is 8.35. The number of rotatable bonds is 6. The van der Waals surface area contributed by atoms with E-state index in [0.29, 0.717) is 5.56 Å². The molecule has 174 valence electrons. The molecule has 1 aromatic heterocycles. The Labute approximate surface area is 201 Å². The maximum absolute atomic E-state index is 13.3. The smallest absolute Gasteiger partial charge is 0.340 e. The van der Waals surface area contributed by atoms with E-state index in [2.05, 4.69) is 78.8 Å². The lowest BCUT2D eigenvalue weighted by atomic mass is 9.77. The lowest BCUT2D eigenvalue weighted by molar-refractivity contribution is 0.0252. The van der Waals surface area contributed by atoms with Gasteiger partial charge in [-0.2, -0.15) is 0 Å². The van der Waals surface area contributed by atoms with Crippen LogP contribution in [-0.2, 0) is 16.9 Å². The summed E-state index contributed by atoms with van der Waals surface area (Å²) in [6.07, 6.45) is 2.22. The fourth-order valence-electron chi connectivity index (χ4n) is 5.54. The van der Waals surface area contributed by atoms with Gasteiger partial charge in [-0.15, -0.1) is 0 Å². The van der Waals surface area contributed by atoms with Crippen molar-refractivity contribution in [2.24, 2.45) is 0 Å². The molecule has 0 saturated heterocycles. The van der Waals surface area contributed by atoms with Gasteiger partial charge >= 0.3 is 5.97 Å². The maximum atomic E-state index is 13.3. The lowest BCUT2D eigenvalue weighted by Gasteiger charge is -2.32. The minimum absolute atomic E-state index is 0.267. The van der Waals surface area contributed by atoms with Gasteiger partial charge < -0.3 is 14.2 Å². The Kier molecular flexibility index (Phi) is 5.47. The Hall–Kier alpha value is -3.53. The number of esters is 1. The number of nitrogens with zero attached hydrogens (tertiary/aromatic N) is 2. The van der Waals surface area contributed by atoms with E-state index in [1.165, 1.54) is 5.52 Å². The Morgan fingerprint density at radius 3 is 2.41 bits per heavy atom. The van der Waals surface area contributed by atoms with E-state index >= 15 is 0 Å². The molecule has 1 aliphatic rings. The van der Waals surface area contributed by atoms with Crippen molar-refractivity contribution in [3.8, 4) is 0 Å². The van der Waals surface area contributed by atoms with Crippen molar-refractivity contribution in [2.45, 2.75) is 45.8 Å². The van der Waals surface area contributed by atoms with Gasteiger partial charge in [0.2, 0.25) is 0 Å². The minimum Gasteiger partial charge on any atom is -0.440 e. The fraction of sp³-hybridized carbons (Fsp3) is 0.300. The minimum atomic E-state index is -0.996. The van der Waals surface area contributed by atoms with Crippen molar-refractivity contribution < 1.29 is 9.53 Å². The van der Waals surface area contributed by atoms with Crippen LogP contribution >= 0.6 is 0 Å². The van der Waals surface area contributed by atoms with Gasteiger partial charge in [-0.25, -0.2) is 4.79 Å². The second-order valence-corrected chi connectivity index (χ2v) is 9.49. The molecule has 0 bridgehead atoms. The van der Waals surface area contributed by atoms with Gasteiger partial charge in [-0.05, 0) is 50.1 Å². The lowest BCUT2D eigenvalue weighted by Crippen LogP contribution is -2.31. The molecule has 2 heterocycles. The first-order valence-corrected chi connectivity index (χ1v) is 12.1. The summed E-state index contributed by atoms with van der Waals surface area (Å²) in [5, 5.41) is 1.14. The van der Waals surface area contributed by atoms with E-state index < -0.39 is 5.60 Å². The summed E-state index contributed by atoms with van der Waals surface area (Å²) in [5.41, 5.74) is 7.20. The molecule has 0 saturated carbocycles. The second-order valence-electron chi connectivity index (χ2n) is 9.49. The van der Waals surface area contributed by atoms with Crippen molar-refractivity contribution in [1.29, 1.82) is 0 Å².